The Bertz CT molecular complexity index is 2330. The molecule has 0 aliphatic heterocycles. The van der Waals surface area contributed by atoms with E-state index in [1.807, 2.05) is 24.8 Å². The molecule has 20 heteroatoms. The molecule has 0 atom stereocenters. The van der Waals surface area contributed by atoms with E-state index in [1.54, 1.807) is 0 Å². The number of rotatable bonds is 8. The number of hydrogen-bond acceptors (Lipinski definition) is 8. The zero-order chi connectivity index (χ0) is 42.2. The number of imidazole rings is 2. The van der Waals surface area contributed by atoms with Crippen molar-refractivity contribution in [3.8, 4) is 0 Å². The van der Waals surface area contributed by atoms with E-state index in [0.29, 0.717) is 0 Å². The summed E-state index contributed by atoms with van der Waals surface area (Å²) < 4.78 is 127. The molecule has 0 aliphatic rings. The Morgan fingerprint density at radius 2 is 0.875 bits per heavy atom. The first-order valence-corrected chi connectivity index (χ1v) is 20.4. The quantitative estimate of drug-likeness (QED) is 0.0725. The Balaban J connectivity index is 0.000000220. The smallest absolute Gasteiger partial charge is 0.485 e. The second-order valence-corrected chi connectivity index (χ2v) is 15.4. The van der Waals surface area contributed by atoms with Gasteiger partial charge in [0, 0.05) is 58.8 Å². The lowest BCUT2D eigenvalue weighted by molar-refractivity contribution is -0.644. The summed E-state index contributed by atoms with van der Waals surface area (Å²) in [6.07, 6.45) is 25.6. The maximum atomic E-state index is 10.7. The normalized spacial score (nSPS) is 12.2. The first-order valence-electron chi connectivity index (χ1n) is 17.6. The molecule has 0 saturated heterocycles. The summed E-state index contributed by atoms with van der Waals surface area (Å²) in [6.45, 7) is 9.01. The molecule has 308 valence electrons. The van der Waals surface area contributed by atoms with Gasteiger partial charge >= 0.3 is 11.0 Å². The van der Waals surface area contributed by atoms with Crippen LogP contribution in [0.15, 0.2) is 61.7 Å². The number of pyridine rings is 4. The van der Waals surface area contributed by atoms with Crippen LogP contribution in [0.1, 0.15) is 75.6 Å². The van der Waals surface area contributed by atoms with E-state index in [0.717, 1.165) is 25.7 Å². The third-order valence-corrected chi connectivity index (χ3v) is 9.74. The number of aromatic nitrogens is 6. The highest BCUT2D eigenvalue weighted by Gasteiger charge is 2.37. The second-order valence-electron chi connectivity index (χ2n) is 12.7. The summed E-state index contributed by atoms with van der Waals surface area (Å²) in [5, 5.41) is 2.61. The van der Waals surface area contributed by atoms with Crippen molar-refractivity contribution in [2.24, 2.45) is 14.1 Å². The predicted octanol–water partition coefficient (Wildman–Crippen LogP) is 6.54. The van der Waals surface area contributed by atoms with E-state index in [9.17, 15) is 26.3 Å². The van der Waals surface area contributed by atoms with Crippen molar-refractivity contribution in [3.05, 3.63) is 84.0 Å². The molecule has 0 saturated carbocycles. The van der Waals surface area contributed by atoms with Gasteiger partial charge in [0.1, 0.15) is 35.8 Å². The van der Waals surface area contributed by atoms with Crippen LogP contribution in [0.3, 0.4) is 0 Å². The highest BCUT2D eigenvalue weighted by atomic mass is 32.2. The fourth-order valence-electron chi connectivity index (χ4n) is 6.41. The van der Waals surface area contributed by atoms with Gasteiger partial charge < -0.3 is 9.11 Å². The van der Waals surface area contributed by atoms with Gasteiger partial charge in [-0.2, -0.15) is 35.1 Å². The van der Waals surface area contributed by atoms with E-state index in [-0.39, 0.29) is 0 Å². The minimum absolute atomic E-state index is 1.12. The van der Waals surface area contributed by atoms with Gasteiger partial charge in [-0.25, -0.2) is 26.0 Å². The van der Waals surface area contributed by atoms with Gasteiger partial charge in [0.2, 0.25) is 0 Å². The fourth-order valence-corrected chi connectivity index (χ4v) is 6.41. The molecule has 0 bridgehead atoms. The molecule has 6 aromatic rings. The number of aryl methyl sites for hydroxylation is 6. The summed E-state index contributed by atoms with van der Waals surface area (Å²) >= 11 is 0. The first kappa shape index (κ1) is 46.0. The monoisotopic (exact) mass is 834 g/mol. The molecule has 12 nitrogen and oxygen atoms in total. The molecule has 0 spiro atoms. The minimum atomic E-state index is -6.09. The van der Waals surface area contributed by atoms with Crippen LogP contribution >= 0.6 is 0 Å². The van der Waals surface area contributed by atoms with Gasteiger partial charge in [-0.3, -0.25) is 9.97 Å². The van der Waals surface area contributed by atoms with Crippen LogP contribution in [0.2, 0.25) is 0 Å². The molecule has 0 fully saturated rings. The Morgan fingerprint density at radius 1 is 0.589 bits per heavy atom. The maximum Gasteiger partial charge on any atom is 0.485 e. The Hall–Kier alpha value is -4.40. The number of hydrogen-bond donors (Lipinski definition) is 0. The van der Waals surface area contributed by atoms with E-state index >= 15 is 0 Å². The zero-order valence-electron chi connectivity index (χ0n) is 31.6. The topological polar surface area (TPSA) is 157 Å². The highest BCUT2D eigenvalue weighted by molar-refractivity contribution is 7.86. The molecule has 0 amide bonds. The Labute approximate surface area is 320 Å². The summed E-state index contributed by atoms with van der Waals surface area (Å²) in [5.41, 5.74) is -0.163. The molecular weight excluding hydrogens is 791 g/mol. The molecule has 6 aromatic heterocycles. The third kappa shape index (κ3) is 10.5. The van der Waals surface area contributed by atoms with Gasteiger partial charge in [-0.1, -0.05) is 53.4 Å². The summed E-state index contributed by atoms with van der Waals surface area (Å²) in [6, 6.07) is 4.24. The average Bonchev–Trinajstić information content (AvgIpc) is 3.69. The largest absolute Gasteiger partial charge is 0.741 e. The second kappa shape index (κ2) is 18.7. The summed E-state index contributed by atoms with van der Waals surface area (Å²) in [7, 11) is -7.91. The van der Waals surface area contributed by atoms with Crippen LogP contribution in [-0.4, -0.2) is 55.7 Å². The zero-order valence-corrected chi connectivity index (χ0v) is 33.3. The van der Waals surface area contributed by atoms with E-state index in [2.05, 4.69) is 107 Å². The van der Waals surface area contributed by atoms with Crippen molar-refractivity contribution >= 4 is 53.3 Å². The molecule has 0 unspecified atom stereocenters. The standard InChI is InChI=1S/2C17H22N3.2CHF3O3S/c2*1-4-6-13-14(7-5-2)17-19(3)10-11-20(17)16-8-9-18-12-15(13)16;2*2-1(3,4)8(5,6)7/h2*8-12H,4-7H2,1-3H3;2*(H,5,6,7)/q2*+1;;/p-2. The SMILES string of the molecule is CCCc1c(CCC)c2n(cc[n+]2C)c2ccncc12.CCCc1c(CCC)c2n(cc[n+]2C)c2ccncc12.O=S(=O)([O-])C(F)(F)F.O=S(=O)([O-])C(F)(F)F. The Kier molecular flexibility index (Phi) is 15.4. The summed E-state index contributed by atoms with van der Waals surface area (Å²) in [4.78, 5) is 8.70. The van der Waals surface area contributed by atoms with Crippen LogP contribution in [0, 0.1) is 0 Å². The number of fused-ring (bicyclic) bond motifs is 6. The van der Waals surface area contributed by atoms with Crippen molar-refractivity contribution in [1.29, 1.82) is 0 Å². The lowest BCUT2D eigenvalue weighted by Crippen LogP contribution is -2.27. The van der Waals surface area contributed by atoms with E-state index in [1.165, 1.54) is 81.0 Å². The Morgan fingerprint density at radius 3 is 1.14 bits per heavy atom. The lowest BCUT2D eigenvalue weighted by Gasteiger charge is -2.11. The van der Waals surface area contributed by atoms with Gasteiger partial charge in [0.05, 0.1) is 14.1 Å². The van der Waals surface area contributed by atoms with Crippen molar-refractivity contribution in [3.63, 3.8) is 0 Å². The summed E-state index contributed by atoms with van der Waals surface area (Å²) in [5.74, 6) is 0. The molecule has 6 rings (SSSR count). The van der Waals surface area contributed by atoms with Crippen LogP contribution < -0.4 is 9.13 Å². The maximum absolute atomic E-state index is 10.7. The average molecular weight is 835 g/mol. The molecule has 0 aromatic carbocycles. The van der Waals surface area contributed by atoms with Crippen molar-refractivity contribution in [2.75, 3.05) is 0 Å². The van der Waals surface area contributed by atoms with Crippen molar-refractivity contribution in [2.45, 2.75) is 90.1 Å². The number of halogens is 6. The van der Waals surface area contributed by atoms with Gasteiger partial charge in [-0.05, 0) is 36.8 Å². The highest BCUT2D eigenvalue weighted by Crippen LogP contribution is 2.29. The van der Waals surface area contributed by atoms with Gasteiger partial charge in [-0.15, -0.1) is 0 Å². The molecule has 0 N–H and O–H groups in total. The van der Waals surface area contributed by atoms with Gasteiger partial charge in [0.25, 0.3) is 11.3 Å². The van der Waals surface area contributed by atoms with Gasteiger partial charge in [0.15, 0.2) is 20.2 Å². The minimum Gasteiger partial charge on any atom is -0.741 e. The van der Waals surface area contributed by atoms with E-state index in [4.69, 9.17) is 25.9 Å². The van der Waals surface area contributed by atoms with Crippen LogP contribution in [0.25, 0.3) is 33.1 Å². The van der Waals surface area contributed by atoms with Crippen molar-refractivity contribution < 1.29 is 61.4 Å². The predicted molar refractivity (Wildman–Crippen MR) is 195 cm³/mol. The molecule has 56 heavy (non-hydrogen) atoms. The lowest BCUT2D eigenvalue weighted by atomic mass is 9.97. The van der Waals surface area contributed by atoms with E-state index < -0.39 is 31.3 Å². The molecule has 6 heterocycles. The van der Waals surface area contributed by atoms with Crippen LogP contribution in [0.5, 0.6) is 0 Å². The molecular formula is C36H44F6N6O6S2. The number of nitrogens with zero attached hydrogens (tertiary/aromatic N) is 6. The fraction of sp³-hybridized carbons (Fsp3) is 0.444. The molecule has 0 aliphatic carbocycles. The van der Waals surface area contributed by atoms with Crippen LogP contribution in [-0.2, 0) is 60.0 Å². The molecule has 0 radical (unpaired) electrons. The van der Waals surface area contributed by atoms with Crippen LogP contribution in [0.4, 0.5) is 26.3 Å². The number of alkyl halides is 6. The van der Waals surface area contributed by atoms with Crippen molar-refractivity contribution in [1.82, 2.24) is 18.8 Å². The third-order valence-electron chi connectivity index (χ3n) is 8.60. The first-order chi connectivity index (χ1) is 26.0.